The third-order valence-corrected chi connectivity index (χ3v) is 2.52. The molecule has 14 heavy (non-hydrogen) atoms. The average molecular weight is 255 g/mol. The third kappa shape index (κ3) is 3.50. The number of halogens is 1. The lowest BCUT2D eigenvalue weighted by Gasteiger charge is -2.04. The van der Waals surface area contributed by atoms with E-state index in [-0.39, 0.29) is 0 Å². The van der Waals surface area contributed by atoms with Gasteiger partial charge in [0, 0.05) is 0 Å². The van der Waals surface area contributed by atoms with Gasteiger partial charge in [-0.3, -0.25) is 0 Å². The van der Waals surface area contributed by atoms with Crippen molar-refractivity contribution in [1.29, 1.82) is 0 Å². The van der Waals surface area contributed by atoms with E-state index in [1.807, 2.05) is 18.2 Å². The minimum atomic E-state index is 0.637. The van der Waals surface area contributed by atoms with Crippen molar-refractivity contribution in [1.82, 2.24) is 4.98 Å². The molecule has 1 aromatic rings. The lowest BCUT2D eigenvalue weighted by Crippen LogP contribution is -1.97. The van der Waals surface area contributed by atoms with Crippen LogP contribution in [0.5, 0.6) is 0 Å². The molecule has 0 aromatic carbocycles. The summed E-state index contributed by atoms with van der Waals surface area (Å²) in [6, 6.07) is 3.96. The van der Waals surface area contributed by atoms with Gasteiger partial charge < -0.3 is 5.73 Å². The molecule has 0 fully saturated rings. The molecule has 2 N–H and O–H groups in total. The Kier molecular flexibility index (Phi) is 4.66. The first kappa shape index (κ1) is 11.2. The first-order chi connectivity index (χ1) is 6.74. The normalized spacial score (nSPS) is 10.1. The molecule has 0 spiro atoms. The fraction of sp³-hybridized carbons (Fsp3) is 0.364. The topological polar surface area (TPSA) is 38.9 Å². The van der Waals surface area contributed by atoms with Gasteiger partial charge in [0.25, 0.3) is 0 Å². The number of nitrogens with two attached hydrogens (primary N) is 1. The van der Waals surface area contributed by atoms with Gasteiger partial charge in [0.2, 0.25) is 0 Å². The largest absolute Gasteiger partial charge is 0.383 e. The molecule has 76 valence electrons. The van der Waals surface area contributed by atoms with Crippen molar-refractivity contribution in [3.8, 4) is 0 Å². The van der Waals surface area contributed by atoms with Crippen molar-refractivity contribution in [2.75, 3.05) is 5.73 Å². The smallest absolute Gasteiger partial charge is 0.127 e. The van der Waals surface area contributed by atoms with E-state index in [1.165, 1.54) is 6.42 Å². The summed E-state index contributed by atoms with van der Waals surface area (Å²) >= 11 is 3.28. The molecule has 3 heteroatoms. The minimum Gasteiger partial charge on any atom is -0.383 e. The highest BCUT2D eigenvalue weighted by Crippen LogP contribution is 2.16. The number of unbranched alkanes of at least 4 members (excludes halogenated alkanes) is 2. The second-order valence-electron chi connectivity index (χ2n) is 3.21. The predicted molar refractivity (Wildman–Crippen MR) is 64.1 cm³/mol. The molecule has 0 aliphatic heterocycles. The number of nitrogens with zero attached hydrogens (tertiary/aromatic N) is 1. The Morgan fingerprint density at radius 1 is 1.43 bits per heavy atom. The second kappa shape index (κ2) is 5.81. The maximum Gasteiger partial charge on any atom is 0.127 e. The van der Waals surface area contributed by atoms with Crippen LogP contribution in [0.2, 0.25) is 0 Å². The fourth-order valence-corrected chi connectivity index (χ4v) is 1.62. The van der Waals surface area contributed by atoms with Gasteiger partial charge in [-0.1, -0.05) is 12.1 Å². The van der Waals surface area contributed by atoms with Crippen LogP contribution in [0, 0.1) is 0 Å². The number of allylic oxidation sites excluding steroid dienone is 1. The Labute approximate surface area is 93.4 Å². The number of rotatable bonds is 5. The first-order valence-corrected chi connectivity index (χ1v) is 5.55. The number of aryl methyl sites for hydroxylation is 1. The van der Waals surface area contributed by atoms with Gasteiger partial charge >= 0.3 is 0 Å². The van der Waals surface area contributed by atoms with Gasteiger partial charge in [0.05, 0.1) is 0 Å². The Morgan fingerprint density at radius 2 is 2.21 bits per heavy atom. The van der Waals surface area contributed by atoms with Crippen LogP contribution in [-0.4, -0.2) is 4.98 Å². The van der Waals surface area contributed by atoms with Crippen LogP contribution in [-0.2, 0) is 6.42 Å². The lowest BCUT2D eigenvalue weighted by atomic mass is 10.1. The summed E-state index contributed by atoms with van der Waals surface area (Å²) in [7, 11) is 0. The molecule has 0 radical (unpaired) electrons. The molecule has 0 aliphatic carbocycles. The summed E-state index contributed by atoms with van der Waals surface area (Å²) in [5.41, 5.74) is 6.91. The minimum absolute atomic E-state index is 0.637. The van der Waals surface area contributed by atoms with Crippen molar-refractivity contribution >= 4 is 21.7 Å². The van der Waals surface area contributed by atoms with Gasteiger partial charge in [-0.05, 0) is 53.2 Å². The van der Waals surface area contributed by atoms with Crippen LogP contribution < -0.4 is 5.73 Å². The van der Waals surface area contributed by atoms with E-state index in [4.69, 9.17) is 5.73 Å². The summed E-state index contributed by atoms with van der Waals surface area (Å²) in [5, 5.41) is 0. The molecular formula is C11H15BrN2. The van der Waals surface area contributed by atoms with Gasteiger partial charge in [0.1, 0.15) is 10.4 Å². The molecule has 0 atom stereocenters. The number of hydrogen-bond donors (Lipinski definition) is 1. The van der Waals surface area contributed by atoms with Gasteiger partial charge in [-0.25, -0.2) is 4.98 Å². The summed E-state index contributed by atoms with van der Waals surface area (Å²) in [6.07, 6.45) is 6.32. The van der Waals surface area contributed by atoms with E-state index in [0.29, 0.717) is 5.82 Å². The molecule has 2 nitrogen and oxygen atoms in total. The Balaban J connectivity index is 2.46. The molecule has 0 unspecified atom stereocenters. The number of pyridine rings is 1. The molecule has 0 amide bonds. The van der Waals surface area contributed by atoms with Crippen LogP contribution in [0.1, 0.15) is 24.8 Å². The molecule has 0 bridgehead atoms. The van der Waals surface area contributed by atoms with Crippen molar-refractivity contribution in [3.63, 3.8) is 0 Å². The SMILES string of the molecule is C=CCCCCc1ccc(Br)nc1N. The van der Waals surface area contributed by atoms with Crippen LogP contribution >= 0.6 is 15.9 Å². The van der Waals surface area contributed by atoms with Gasteiger partial charge in [-0.15, -0.1) is 6.58 Å². The Morgan fingerprint density at radius 3 is 2.86 bits per heavy atom. The average Bonchev–Trinajstić information content (AvgIpc) is 2.15. The zero-order valence-electron chi connectivity index (χ0n) is 8.17. The van der Waals surface area contributed by atoms with E-state index in [2.05, 4.69) is 27.5 Å². The fourth-order valence-electron chi connectivity index (χ4n) is 1.29. The van der Waals surface area contributed by atoms with Crippen molar-refractivity contribution in [2.45, 2.75) is 25.7 Å². The molecular weight excluding hydrogens is 240 g/mol. The molecule has 0 saturated heterocycles. The number of aromatic nitrogens is 1. The Bertz CT molecular complexity index is 310. The van der Waals surface area contributed by atoms with E-state index in [0.717, 1.165) is 29.4 Å². The summed E-state index contributed by atoms with van der Waals surface area (Å²) in [4.78, 5) is 4.15. The van der Waals surface area contributed by atoms with Crippen molar-refractivity contribution in [3.05, 3.63) is 35.0 Å². The zero-order chi connectivity index (χ0) is 10.4. The Hall–Kier alpha value is -0.830. The number of hydrogen-bond acceptors (Lipinski definition) is 2. The second-order valence-corrected chi connectivity index (χ2v) is 4.03. The van der Waals surface area contributed by atoms with Crippen LogP contribution in [0.15, 0.2) is 29.4 Å². The predicted octanol–water partition coefficient (Wildman–Crippen LogP) is 3.33. The quantitative estimate of drug-likeness (QED) is 0.498. The molecule has 1 heterocycles. The van der Waals surface area contributed by atoms with Crippen molar-refractivity contribution < 1.29 is 0 Å². The zero-order valence-corrected chi connectivity index (χ0v) is 9.76. The highest BCUT2D eigenvalue weighted by atomic mass is 79.9. The number of nitrogen functional groups attached to an aromatic ring is 1. The van der Waals surface area contributed by atoms with E-state index in [1.54, 1.807) is 0 Å². The van der Waals surface area contributed by atoms with Crippen molar-refractivity contribution in [2.24, 2.45) is 0 Å². The summed E-state index contributed by atoms with van der Waals surface area (Å²) < 4.78 is 0.796. The molecule has 0 saturated carbocycles. The maximum absolute atomic E-state index is 5.77. The summed E-state index contributed by atoms with van der Waals surface area (Å²) in [6.45, 7) is 3.69. The van der Waals surface area contributed by atoms with E-state index in [9.17, 15) is 0 Å². The van der Waals surface area contributed by atoms with Crippen LogP contribution in [0.4, 0.5) is 5.82 Å². The molecule has 1 aromatic heterocycles. The summed E-state index contributed by atoms with van der Waals surface area (Å²) in [5.74, 6) is 0.637. The third-order valence-electron chi connectivity index (χ3n) is 2.08. The highest BCUT2D eigenvalue weighted by Gasteiger charge is 2.00. The van der Waals surface area contributed by atoms with Crippen LogP contribution in [0.3, 0.4) is 0 Å². The monoisotopic (exact) mass is 254 g/mol. The maximum atomic E-state index is 5.77. The lowest BCUT2D eigenvalue weighted by molar-refractivity contribution is 0.747. The van der Waals surface area contributed by atoms with Gasteiger partial charge in [0.15, 0.2) is 0 Å². The van der Waals surface area contributed by atoms with E-state index < -0.39 is 0 Å². The molecule has 1 rings (SSSR count). The van der Waals surface area contributed by atoms with Crippen LogP contribution in [0.25, 0.3) is 0 Å². The van der Waals surface area contributed by atoms with E-state index >= 15 is 0 Å². The highest BCUT2D eigenvalue weighted by molar-refractivity contribution is 9.10. The first-order valence-electron chi connectivity index (χ1n) is 4.76. The molecule has 0 aliphatic rings. The van der Waals surface area contributed by atoms with Gasteiger partial charge in [-0.2, -0.15) is 0 Å². The standard InChI is InChI=1S/C11H15BrN2/c1-2-3-4-5-6-9-7-8-10(12)14-11(9)13/h2,7-8H,1,3-6H2,(H2,13,14). The number of anilines is 1.